The highest BCUT2D eigenvalue weighted by molar-refractivity contribution is 7.99. The number of anilines is 1. The Kier molecular flexibility index (Phi) is 6.46. The zero-order chi connectivity index (χ0) is 18.5. The summed E-state index contributed by atoms with van der Waals surface area (Å²) in [6, 6.07) is 12.6. The van der Waals surface area contributed by atoms with Crippen LogP contribution in [0.15, 0.2) is 42.5 Å². The third-order valence-electron chi connectivity index (χ3n) is 3.86. The van der Waals surface area contributed by atoms with Crippen LogP contribution in [0.25, 0.3) is 0 Å². The Balaban J connectivity index is 1.51. The number of amides is 2. The molecule has 0 aromatic heterocycles. The first-order valence-electron chi connectivity index (χ1n) is 8.24. The number of rotatable bonds is 7. The van der Waals surface area contributed by atoms with Gasteiger partial charge >= 0.3 is 0 Å². The van der Waals surface area contributed by atoms with Gasteiger partial charge in [0, 0.05) is 33.1 Å². The lowest BCUT2D eigenvalue weighted by atomic mass is 10.2. The molecule has 2 aromatic carbocycles. The molecule has 0 unspecified atom stereocenters. The monoisotopic (exact) mass is 408 g/mol. The molecule has 2 amide bonds. The normalized spacial score (nSPS) is 13.3. The molecule has 2 aromatic rings. The van der Waals surface area contributed by atoms with Gasteiger partial charge in [0.25, 0.3) is 5.91 Å². The second-order valence-electron chi connectivity index (χ2n) is 6.07. The highest BCUT2D eigenvalue weighted by Crippen LogP contribution is 2.28. The molecule has 4 nitrogen and oxygen atoms in total. The smallest absolute Gasteiger partial charge is 0.251 e. The molecule has 0 heterocycles. The van der Waals surface area contributed by atoms with Gasteiger partial charge in [0.1, 0.15) is 0 Å². The first-order valence-corrected chi connectivity index (χ1v) is 10.2. The summed E-state index contributed by atoms with van der Waals surface area (Å²) in [7, 11) is 0. The lowest BCUT2D eigenvalue weighted by Gasteiger charge is -2.09. The van der Waals surface area contributed by atoms with Crippen LogP contribution < -0.4 is 10.6 Å². The van der Waals surface area contributed by atoms with Gasteiger partial charge in [-0.05, 0) is 48.7 Å². The topological polar surface area (TPSA) is 58.2 Å². The molecule has 3 rings (SSSR count). The van der Waals surface area contributed by atoms with E-state index in [1.807, 2.05) is 0 Å². The van der Waals surface area contributed by atoms with Crippen molar-refractivity contribution in [2.75, 3.05) is 11.1 Å². The fourth-order valence-corrected chi connectivity index (χ4v) is 3.91. The maximum atomic E-state index is 12.1. The van der Waals surface area contributed by atoms with Crippen molar-refractivity contribution in [2.45, 2.75) is 24.6 Å². The predicted molar refractivity (Wildman–Crippen MR) is 108 cm³/mol. The molecule has 1 aliphatic rings. The minimum absolute atomic E-state index is 0.105. The third kappa shape index (κ3) is 5.40. The summed E-state index contributed by atoms with van der Waals surface area (Å²) < 4.78 is 0. The number of hydrogen-bond acceptors (Lipinski definition) is 3. The van der Waals surface area contributed by atoms with Crippen LogP contribution in [-0.4, -0.2) is 23.6 Å². The molecule has 0 atom stereocenters. The van der Waals surface area contributed by atoms with Gasteiger partial charge < -0.3 is 10.6 Å². The zero-order valence-corrected chi connectivity index (χ0v) is 16.3. The minimum atomic E-state index is -0.141. The van der Waals surface area contributed by atoms with Gasteiger partial charge in [0.2, 0.25) is 5.91 Å². The molecular formula is C19H18Cl2N2O2S. The number of halogens is 2. The molecule has 7 heteroatoms. The van der Waals surface area contributed by atoms with Crippen LogP contribution in [0.2, 0.25) is 10.0 Å². The van der Waals surface area contributed by atoms with Crippen molar-refractivity contribution < 1.29 is 9.59 Å². The van der Waals surface area contributed by atoms with Gasteiger partial charge in [-0.3, -0.25) is 9.59 Å². The van der Waals surface area contributed by atoms with Gasteiger partial charge in [-0.25, -0.2) is 0 Å². The molecule has 0 bridgehead atoms. The summed E-state index contributed by atoms with van der Waals surface area (Å²) in [4.78, 5) is 24.2. The highest BCUT2D eigenvalue weighted by atomic mass is 35.5. The first-order chi connectivity index (χ1) is 12.5. The van der Waals surface area contributed by atoms with Gasteiger partial charge in [-0.15, -0.1) is 11.8 Å². The largest absolute Gasteiger partial charge is 0.349 e. The van der Waals surface area contributed by atoms with Crippen LogP contribution in [0.4, 0.5) is 5.69 Å². The van der Waals surface area contributed by atoms with Crippen LogP contribution >= 0.6 is 35.0 Å². The van der Waals surface area contributed by atoms with E-state index in [0.29, 0.717) is 33.1 Å². The molecule has 1 saturated carbocycles. The lowest BCUT2D eigenvalue weighted by molar-refractivity contribution is -0.113. The number of carbonyl (C=O) groups excluding carboxylic acids is 2. The quantitative estimate of drug-likeness (QED) is 0.694. The van der Waals surface area contributed by atoms with Gasteiger partial charge in [-0.2, -0.15) is 0 Å². The van der Waals surface area contributed by atoms with Crippen molar-refractivity contribution in [1.82, 2.24) is 5.32 Å². The number of thioether (sulfide) groups is 1. The molecule has 1 aliphatic carbocycles. The van der Waals surface area contributed by atoms with E-state index in [2.05, 4.69) is 10.6 Å². The van der Waals surface area contributed by atoms with Gasteiger partial charge in [0.05, 0.1) is 5.75 Å². The zero-order valence-electron chi connectivity index (χ0n) is 13.9. The minimum Gasteiger partial charge on any atom is -0.349 e. The number of hydrogen-bond donors (Lipinski definition) is 2. The fraction of sp³-hybridized carbons (Fsp3) is 0.263. The van der Waals surface area contributed by atoms with Crippen LogP contribution in [0.3, 0.4) is 0 Å². The van der Waals surface area contributed by atoms with Crippen molar-refractivity contribution in [3.8, 4) is 0 Å². The molecule has 136 valence electrons. The van der Waals surface area contributed by atoms with Crippen molar-refractivity contribution in [1.29, 1.82) is 0 Å². The molecule has 0 aliphatic heterocycles. The van der Waals surface area contributed by atoms with E-state index in [1.165, 1.54) is 11.8 Å². The molecule has 1 fully saturated rings. The Labute approximate surface area is 166 Å². The first kappa shape index (κ1) is 19.1. The van der Waals surface area contributed by atoms with Crippen LogP contribution in [0.5, 0.6) is 0 Å². The average molecular weight is 409 g/mol. The fourth-order valence-electron chi connectivity index (χ4n) is 2.35. The Morgan fingerprint density at radius 1 is 1.08 bits per heavy atom. The summed E-state index contributed by atoms with van der Waals surface area (Å²) in [6.45, 7) is 0. The summed E-state index contributed by atoms with van der Waals surface area (Å²) >= 11 is 13.7. The summed E-state index contributed by atoms with van der Waals surface area (Å²) in [5.74, 6) is 0.569. The summed E-state index contributed by atoms with van der Waals surface area (Å²) in [5.41, 5.74) is 1.98. The molecule has 0 spiro atoms. The second kappa shape index (κ2) is 8.80. The van der Waals surface area contributed by atoms with Crippen molar-refractivity contribution >= 4 is 52.5 Å². The molecule has 26 heavy (non-hydrogen) atoms. The standard InChI is InChI=1S/C19H18Cl2N2O2S/c20-16-5-2-6-17(21)15(16)10-26-11-18(24)22-14-4-1-3-12(9-14)19(25)23-13-7-8-13/h1-6,9,13H,7-8,10-11H2,(H,22,24)(H,23,25). The second-order valence-corrected chi connectivity index (χ2v) is 7.87. The van der Waals surface area contributed by atoms with E-state index in [9.17, 15) is 9.59 Å². The number of nitrogens with one attached hydrogen (secondary N) is 2. The maximum Gasteiger partial charge on any atom is 0.251 e. The van der Waals surface area contributed by atoms with Crippen LogP contribution in [0, 0.1) is 0 Å². The van der Waals surface area contributed by atoms with E-state index < -0.39 is 0 Å². The molecular weight excluding hydrogens is 391 g/mol. The average Bonchev–Trinajstić information content (AvgIpc) is 3.42. The highest BCUT2D eigenvalue weighted by Gasteiger charge is 2.23. The maximum absolute atomic E-state index is 12.1. The van der Waals surface area contributed by atoms with Crippen molar-refractivity contribution in [3.63, 3.8) is 0 Å². The molecule has 0 saturated heterocycles. The van der Waals surface area contributed by atoms with E-state index >= 15 is 0 Å². The van der Waals surface area contributed by atoms with Gasteiger partial charge in [-0.1, -0.05) is 35.3 Å². The lowest BCUT2D eigenvalue weighted by Crippen LogP contribution is -2.25. The SMILES string of the molecule is O=C(CSCc1c(Cl)cccc1Cl)Nc1cccc(C(=O)NC2CC2)c1. The summed E-state index contributed by atoms with van der Waals surface area (Å²) in [5, 5.41) is 6.94. The van der Waals surface area contributed by atoms with E-state index in [0.717, 1.165) is 18.4 Å². The van der Waals surface area contributed by atoms with Crippen molar-refractivity contribution in [3.05, 3.63) is 63.6 Å². The van der Waals surface area contributed by atoms with E-state index in [4.69, 9.17) is 23.2 Å². The Hall–Kier alpha value is -1.69. The van der Waals surface area contributed by atoms with Crippen LogP contribution in [-0.2, 0) is 10.5 Å². The molecule has 0 radical (unpaired) electrons. The van der Waals surface area contributed by atoms with Crippen LogP contribution in [0.1, 0.15) is 28.8 Å². The van der Waals surface area contributed by atoms with Gasteiger partial charge in [0.15, 0.2) is 0 Å². The van der Waals surface area contributed by atoms with E-state index in [-0.39, 0.29) is 17.6 Å². The number of carbonyl (C=O) groups is 2. The van der Waals surface area contributed by atoms with E-state index in [1.54, 1.807) is 42.5 Å². The number of benzene rings is 2. The third-order valence-corrected chi connectivity index (χ3v) is 5.53. The Morgan fingerprint density at radius 3 is 2.46 bits per heavy atom. The Bertz CT molecular complexity index is 805. The predicted octanol–water partition coefficient (Wildman–Crippen LogP) is 4.76. The van der Waals surface area contributed by atoms with Crippen molar-refractivity contribution in [2.24, 2.45) is 0 Å². The Morgan fingerprint density at radius 2 is 1.77 bits per heavy atom. The molecule has 2 N–H and O–H groups in total. The summed E-state index contributed by atoms with van der Waals surface area (Å²) in [6.07, 6.45) is 2.07.